The van der Waals surface area contributed by atoms with E-state index in [4.69, 9.17) is 0 Å². The molecule has 3 nitrogen and oxygen atoms in total. The summed E-state index contributed by atoms with van der Waals surface area (Å²) in [6.45, 7) is 3.46. The number of hydrogen-bond donors (Lipinski definition) is 2. The zero-order chi connectivity index (χ0) is 11.1. The van der Waals surface area contributed by atoms with E-state index in [-0.39, 0.29) is 0 Å². The van der Waals surface area contributed by atoms with E-state index in [0.717, 1.165) is 19.0 Å². The minimum atomic E-state index is 0.732. The first-order valence-electron chi connectivity index (χ1n) is 6.28. The van der Waals surface area contributed by atoms with Crippen LogP contribution >= 0.6 is 0 Å². The monoisotopic (exact) mass is 219 g/mol. The fraction of sp³-hybridized carbons (Fsp3) is 0.615. The molecule has 1 aromatic heterocycles. The Balaban J connectivity index is 1.58. The average molecular weight is 219 g/mol. The van der Waals surface area contributed by atoms with Crippen molar-refractivity contribution in [1.82, 2.24) is 15.6 Å². The van der Waals surface area contributed by atoms with Crippen LogP contribution < -0.4 is 10.6 Å². The van der Waals surface area contributed by atoms with E-state index in [0.29, 0.717) is 0 Å². The van der Waals surface area contributed by atoms with Crippen molar-refractivity contribution in [2.75, 3.05) is 19.6 Å². The van der Waals surface area contributed by atoms with Gasteiger partial charge in [-0.1, -0.05) is 6.07 Å². The van der Waals surface area contributed by atoms with Gasteiger partial charge in [0.25, 0.3) is 0 Å². The van der Waals surface area contributed by atoms with Gasteiger partial charge < -0.3 is 10.6 Å². The normalized spacial score (nSPS) is 17.5. The molecule has 3 heteroatoms. The van der Waals surface area contributed by atoms with Crippen LogP contribution in [0.25, 0.3) is 0 Å². The fourth-order valence-electron chi connectivity index (χ4n) is 2.17. The topological polar surface area (TPSA) is 37.0 Å². The molecule has 1 fully saturated rings. The summed E-state index contributed by atoms with van der Waals surface area (Å²) >= 11 is 0. The smallest absolute Gasteiger partial charge is 0.0299 e. The third-order valence-corrected chi connectivity index (χ3v) is 3.14. The quantitative estimate of drug-likeness (QED) is 0.734. The summed E-state index contributed by atoms with van der Waals surface area (Å²) in [4.78, 5) is 4.12. The lowest BCUT2D eigenvalue weighted by atomic mass is 10.1. The van der Waals surface area contributed by atoms with Crippen LogP contribution in [0.1, 0.15) is 24.8 Å². The molecule has 2 heterocycles. The van der Waals surface area contributed by atoms with Gasteiger partial charge in [-0.3, -0.25) is 4.98 Å². The molecule has 0 bridgehead atoms. The molecular formula is C13H21N3. The Labute approximate surface area is 97.7 Å². The molecule has 0 radical (unpaired) electrons. The molecule has 16 heavy (non-hydrogen) atoms. The Kier molecular flexibility index (Phi) is 4.77. The molecule has 0 saturated carbocycles. The Morgan fingerprint density at radius 3 is 3.00 bits per heavy atom. The van der Waals surface area contributed by atoms with Crippen molar-refractivity contribution in [2.45, 2.75) is 31.7 Å². The lowest BCUT2D eigenvalue weighted by Crippen LogP contribution is -2.40. The van der Waals surface area contributed by atoms with Gasteiger partial charge in [-0.15, -0.1) is 0 Å². The molecule has 0 aromatic carbocycles. The van der Waals surface area contributed by atoms with Gasteiger partial charge in [-0.2, -0.15) is 0 Å². The van der Waals surface area contributed by atoms with Gasteiger partial charge in [0.1, 0.15) is 0 Å². The molecule has 1 saturated heterocycles. The molecule has 0 spiro atoms. The molecule has 0 amide bonds. The van der Waals surface area contributed by atoms with Gasteiger partial charge in [-0.25, -0.2) is 0 Å². The van der Waals surface area contributed by atoms with E-state index in [1.807, 2.05) is 18.5 Å². The van der Waals surface area contributed by atoms with Gasteiger partial charge in [0.15, 0.2) is 0 Å². The summed E-state index contributed by atoms with van der Waals surface area (Å²) in [5, 5.41) is 7.01. The maximum Gasteiger partial charge on any atom is 0.0299 e. The van der Waals surface area contributed by atoms with Crippen LogP contribution in [0.15, 0.2) is 24.5 Å². The molecule has 2 N–H and O–H groups in total. The maximum absolute atomic E-state index is 4.12. The van der Waals surface area contributed by atoms with E-state index < -0.39 is 0 Å². The fourth-order valence-corrected chi connectivity index (χ4v) is 2.17. The van der Waals surface area contributed by atoms with Gasteiger partial charge in [-0.05, 0) is 56.9 Å². The number of nitrogens with one attached hydrogen (secondary N) is 2. The van der Waals surface area contributed by atoms with Gasteiger partial charge >= 0.3 is 0 Å². The van der Waals surface area contributed by atoms with Crippen LogP contribution in [0, 0.1) is 0 Å². The van der Waals surface area contributed by atoms with Crippen LogP contribution in [0.5, 0.6) is 0 Å². The Hall–Kier alpha value is -0.930. The second-order valence-corrected chi connectivity index (χ2v) is 4.44. The van der Waals surface area contributed by atoms with Crippen LogP contribution in [0.2, 0.25) is 0 Å². The summed E-state index contributed by atoms with van der Waals surface area (Å²) in [6, 6.07) is 4.89. The minimum absolute atomic E-state index is 0.732. The SMILES string of the molecule is c1cncc(CCCNC2CCNCC2)c1. The summed E-state index contributed by atoms with van der Waals surface area (Å²) in [5.74, 6) is 0. The highest BCUT2D eigenvalue weighted by molar-refractivity contribution is 5.08. The highest BCUT2D eigenvalue weighted by Gasteiger charge is 2.10. The minimum Gasteiger partial charge on any atom is -0.317 e. The third-order valence-electron chi connectivity index (χ3n) is 3.14. The van der Waals surface area contributed by atoms with Crippen LogP contribution in [-0.2, 0) is 6.42 Å². The van der Waals surface area contributed by atoms with Gasteiger partial charge in [0.05, 0.1) is 0 Å². The van der Waals surface area contributed by atoms with Crippen LogP contribution in [0.3, 0.4) is 0 Å². The Bertz CT molecular complexity index is 280. The van der Waals surface area contributed by atoms with Crippen molar-refractivity contribution >= 4 is 0 Å². The second kappa shape index (κ2) is 6.61. The molecular weight excluding hydrogens is 198 g/mol. The van der Waals surface area contributed by atoms with Crippen LogP contribution in [-0.4, -0.2) is 30.7 Å². The molecule has 0 aliphatic carbocycles. The van der Waals surface area contributed by atoms with E-state index >= 15 is 0 Å². The van der Waals surface area contributed by atoms with Crippen molar-refractivity contribution in [3.05, 3.63) is 30.1 Å². The molecule has 1 aromatic rings. The van der Waals surface area contributed by atoms with E-state index in [1.165, 1.54) is 37.9 Å². The molecule has 0 unspecified atom stereocenters. The number of pyridine rings is 1. The van der Waals surface area contributed by atoms with E-state index in [1.54, 1.807) is 0 Å². The van der Waals surface area contributed by atoms with E-state index in [9.17, 15) is 0 Å². The summed E-state index contributed by atoms with van der Waals surface area (Å²) in [7, 11) is 0. The predicted molar refractivity (Wildman–Crippen MR) is 66.5 cm³/mol. The first-order chi connectivity index (χ1) is 7.95. The maximum atomic E-state index is 4.12. The number of hydrogen-bond acceptors (Lipinski definition) is 3. The summed E-state index contributed by atoms with van der Waals surface area (Å²) in [5.41, 5.74) is 1.34. The van der Waals surface area contributed by atoms with E-state index in [2.05, 4.69) is 21.7 Å². The van der Waals surface area contributed by atoms with Crippen molar-refractivity contribution in [2.24, 2.45) is 0 Å². The average Bonchev–Trinajstić information content (AvgIpc) is 2.37. The molecule has 1 aliphatic rings. The molecule has 88 valence electrons. The molecule has 1 aliphatic heterocycles. The molecule has 2 rings (SSSR count). The van der Waals surface area contributed by atoms with Crippen molar-refractivity contribution in [1.29, 1.82) is 0 Å². The number of aromatic nitrogens is 1. The number of nitrogens with zero attached hydrogens (tertiary/aromatic N) is 1. The van der Waals surface area contributed by atoms with Crippen LogP contribution in [0.4, 0.5) is 0 Å². The number of aryl methyl sites for hydroxylation is 1. The second-order valence-electron chi connectivity index (χ2n) is 4.44. The lowest BCUT2D eigenvalue weighted by Gasteiger charge is -2.23. The largest absolute Gasteiger partial charge is 0.317 e. The standard InChI is InChI=1S/C13H21N3/c1-3-12(11-15-7-1)4-2-8-16-13-5-9-14-10-6-13/h1,3,7,11,13-14,16H,2,4-6,8-10H2. The zero-order valence-corrected chi connectivity index (χ0v) is 9.78. The van der Waals surface area contributed by atoms with Gasteiger partial charge in [0, 0.05) is 18.4 Å². The highest BCUT2D eigenvalue weighted by Crippen LogP contribution is 2.03. The number of piperidine rings is 1. The third kappa shape index (κ3) is 3.91. The molecule has 0 atom stereocenters. The van der Waals surface area contributed by atoms with Gasteiger partial charge in [0.2, 0.25) is 0 Å². The lowest BCUT2D eigenvalue weighted by molar-refractivity contribution is 0.386. The first-order valence-corrected chi connectivity index (χ1v) is 6.28. The first kappa shape index (κ1) is 11.6. The summed E-state index contributed by atoms with van der Waals surface area (Å²) < 4.78 is 0. The van der Waals surface area contributed by atoms with Crippen molar-refractivity contribution in [3.8, 4) is 0 Å². The van der Waals surface area contributed by atoms with Crippen molar-refractivity contribution in [3.63, 3.8) is 0 Å². The van der Waals surface area contributed by atoms with Crippen molar-refractivity contribution < 1.29 is 0 Å². The predicted octanol–water partition coefficient (Wildman–Crippen LogP) is 1.36. The summed E-state index contributed by atoms with van der Waals surface area (Å²) in [6.07, 6.45) is 8.67. The Morgan fingerprint density at radius 1 is 1.38 bits per heavy atom. The highest BCUT2D eigenvalue weighted by atomic mass is 15.0. The number of rotatable bonds is 5. The Morgan fingerprint density at radius 2 is 2.25 bits per heavy atom. The zero-order valence-electron chi connectivity index (χ0n) is 9.78.